The predicted molar refractivity (Wildman–Crippen MR) is 80.1 cm³/mol. The van der Waals surface area contributed by atoms with Crippen LogP contribution in [-0.4, -0.2) is 28.6 Å². The molecule has 0 saturated carbocycles. The lowest BCUT2D eigenvalue weighted by atomic mass is 9.85. The van der Waals surface area contributed by atoms with Crippen LogP contribution in [0.3, 0.4) is 0 Å². The van der Waals surface area contributed by atoms with Crippen molar-refractivity contribution in [2.75, 3.05) is 0 Å². The summed E-state index contributed by atoms with van der Waals surface area (Å²) in [6.45, 7) is 6.67. The molecule has 2 unspecified atom stereocenters. The molecular weight excluding hydrogens is 308 g/mol. The van der Waals surface area contributed by atoms with Gasteiger partial charge >= 0.3 is 5.97 Å². The monoisotopic (exact) mass is 329 g/mol. The van der Waals surface area contributed by atoms with Gasteiger partial charge in [-0.25, -0.2) is 8.78 Å². The van der Waals surface area contributed by atoms with Crippen LogP contribution >= 0.6 is 0 Å². The summed E-state index contributed by atoms with van der Waals surface area (Å²) in [6.07, 6.45) is -1.24. The Kier molecular flexibility index (Phi) is 6.06. The molecule has 0 bridgehead atoms. The third-order valence-corrected chi connectivity index (χ3v) is 3.77. The van der Waals surface area contributed by atoms with Crippen LogP contribution in [0.4, 0.5) is 8.78 Å². The molecule has 23 heavy (non-hydrogen) atoms. The number of nitrogens with one attached hydrogen (secondary N) is 1. The molecule has 1 rings (SSSR count). The van der Waals surface area contributed by atoms with Gasteiger partial charge in [0.1, 0.15) is 5.75 Å². The highest BCUT2D eigenvalue weighted by molar-refractivity contribution is 5.82. The van der Waals surface area contributed by atoms with E-state index in [0.717, 1.165) is 12.1 Å². The maximum atomic E-state index is 13.1. The molecule has 1 aromatic rings. The maximum Gasteiger partial charge on any atom is 0.305 e. The third kappa shape index (κ3) is 5.19. The molecule has 5 nitrogen and oxygen atoms in total. The zero-order valence-corrected chi connectivity index (χ0v) is 13.5. The summed E-state index contributed by atoms with van der Waals surface area (Å²) in [7, 11) is 0. The number of carboxylic acid groups (broad SMARTS) is 1. The molecule has 1 aromatic carbocycles. The molecule has 0 radical (unpaired) electrons. The van der Waals surface area contributed by atoms with Crippen molar-refractivity contribution in [2.45, 2.75) is 45.8 Å². The molecule has 0 aliphatic carbocycles. The van der Waals surface area contributed by atoms with Gasteiger partial charge in [-0.2, -0.15) is 0 Å². The van der Waals surface area contributed by atoms with Gasteiger partial charge in [0.2, 0.25) is 0 Å². The van der Waals surface area contributed by atoms with Gasteiger partial charge in [-0.05, 0) is 31.9 Å². The Morgan fingerprint density at radius 1 is 1.26 bits per heavy atom. The van der Waals surface area contributed by atoms with Crippen molar-refractivity contribution in [1.29, 1.82) is 0 Å². The van der Waals surface area contributed by atoms with Crippen molar-refractivity contribution in [2.24, 2.45) is 5.92 Å². The quantitative estimate of drug-likeness (QED) is 0.806. The molecular formula is C16H21F2NO4. The van der Waals surface area contributed by atoms with E-state index in [1.807, 2.05) is 0 Å². The Hall–Kier alpha value is -2.18. The second-order valence-corrected chi connectivity index (χ2v) is 5.97. The number of carbonyl (C=O) groups excluding carboxylic acids is 1. The minimum atomic E-state index is -1.08. The van der Waals surface area contributed by atoms with Gasteiger partial charge in [0.05, 0.1) is 12.0 Å². The molecule has 0 aromatic heterocycles. The number of benzene rings is 1. The molecule has 7 heteroatoms. The fraction of sp³-hybridized carbons (Fsp3) is 0.500. The van der Waals surface area contributed by atoms with Crippen molar-refractivity contribution < 1.29 is 28.2 Å². The minimum absolute atomic E-state index is 0.0102. The van der Waals surface area contributed by atoms with Crippen LogP contribution in [0.1, 0.15) is 34.1 Å². The number of aliphatic carboxylic acids is 1. The SMILES string of the molecule is CC(Oc1ccc(F)c(F)c1)C(=O)NC(C)(CC(=O)O)C(C)C. The fourth-order valence-electron chi connectivity index (χ4n) is 1.90. The molecule has 0 fully saturated rings. The third-order valence-electron chi connectivity index (χ3n) is 3.77. The molecule has 2 N–H and O–H groups in total. The molecule has 0 aliphatic heterocycles. The molecule has 0 saturated heterocycles. The van der Waals surface area contributed by atoms with E-state index in [-0.39, 0.29) is 18.1 Å². The first-order valence-electron chi connectivity index (χ1n) is 7.20. The van der Waals surface area contributed by atoms with Crippen LogP contribution in [0.25, 0.3) is 0 Å². The van der Waals surface area contributed by atoms with Crippen LogP contribution in [0.2, 0.25) is 0 Å². The smallest absolute Gasteiger partial charge is 0.305 e. The Balaban J connectivity index is 2.78. The molecule has 1 amide bonds. The molecule has 0 heterocycles. The van der Waals surface area contributed by atoms with Crippen molar-refractivity contribution in [3.8, 4) is 5.75 Å². The number of carboxylic acids is 1. The number of carbonyl (C=O) groups is 2. The number of ether oxygens (including phenoxy) is 1. The highest BCUT2D eigenvalue weighted by Gasteiger charge is 2.34. The Bertz CT molecular complexity index is 591. The minimum Gasteiger partial charge on any atom is -0.481 e. The lowest BCUT2D eigenvalue weighted by Crippen LogP contribution is -2.54. The lowest BCUT2D eigenvalue weighted by molar-refractivity contribution is -0.140. The normalized spacial score (nSPS) is 14.9. The highest BCUT2D eigenvalue weighted by atomic mass is 19.2. The standard InChI is InChI=1S/C16H21F2NO4/c1-9(2)16(4,8-14(20)21)19-15(22)10(3)23-11-5-6-12(17)13(18)7-11/h5-7,9-10H,8H2,1-4H3,(H,19,22)(H,20,21). The second kappa shape index (κ2) is 7.39. The zero-order valence-electron chi connectivity index (χ0n) is 13.5. The van der Waals surface area contributed by atoms with Crippen LogP contribution in [0, 0.1) is 17.6 Å². The summed E-state index contributed by atoms with van der Waals surface area (Å²) in [5, 5.41) is 11.6. The van der Waals surface area contributed by atoms with Gasteiger partial charge in [-0.15, -0.1) is 0 Å². The first-order valence-corrected chi connectivity index (χ1v) is 7.20. The summed E-state index contributed by atoms with van der Waals surface area (Å²) in [5.74, 6) is -3.77. The van der Waals surface area contributed by atoms with E-state index in [1.54, 1.807) is 20.8 Å². The van der Waals surface area contributed by atoms with Crippen molar-refractivity contribution in [1.82, 2.24) is 5.32 Å². The summed E-state index contributed by atoms with van der Waals surface area (Å²) < 4.78 is 31.3. The molecule has 0 spiro atoms. The van der Waals surface area contributed by atoms with Crippen molar-refractivity contribution in [3.63, 3.8) is 0 Å². The van der Waals surface area contributed by atoms with Gasteiger partial charge in [-0.1, -0.05) is 13.8 Å². The van der Waals surface area contributed by atoms with E-state index in [1.165, 1.54) is 13.0 Å². The molecule has 0 aliphatic rings. The Morgan fingerprint density at radius 3 is 2.35 bits per heavy atom. The number of rotatable bonds is 7. The Labute approximate surface area is 133 Å². The number of halogens is 2. The van der Waals surface area contributed by atoms with Gasteiger partial charge in [0, 0.05) is 6.07 Å². The first-order chi connectivity index (χ1) is 10.5. The number of amides is 1. The van der Waals surface area contributed by atoms with E-state index in [9.17, 15) is 18.4 Å². The highest BCUT2D eigenvalue weighted by Crippen LogP contribution is 2.22. The molecule has 128 valence electrons. The zero-order chi connectivity index (χ0) is 17.8. The van der Waals surface area contributed by atoms with E-state index >= 15 is 0 Å². The second-order valence-electron chi connectivity index (χ2n) is 5.97. The van der Waals surface area contributed by atoms with Crippen LogP contribution in [-0.2, 0) is 9.59 Å². The summed E-state index contributed by atoms with van der Waals surface area (Å²) in [6, 6.07) is 2.96. The largest absolute Gasteiger partial charge is 0.481 e. The van der Waals surface area contributed by atoms with Crippen LogP contribution < -0.4 is 10.1 Å². The van der Waals surface area contributed by atoms with E-state index in [0.29, 0.717) is 0 Å². The summed E-state index contributed by atoms with van der Waals surface area (Å²) >= 11 is 0. The van der Waals surface area contributed by atoms with Crippen LogP contribution in [0.15, 0.2) is 18.2 Å². The fourth-order valence-corrected chi connectivity index (χ4v) is 1.90. The summed E-state index contributed by atoms with van der Waals surface area (Å²) in [4.78, 5) is 23.2. The average Bonchev–Trinajstić information content (AvgIpc) is 2.41. The summed E-state index contributed by atoms with van der Waals surface area (Å²) in [5.41, 5.74) is -0.950. The van der Waals surface area contributed by atoms with E-state index < -0.39 is 35.2 Å². The number of hydrogen-bond donors (Lipinski definition) is 2. The van der Waals surface area contributed by atoms with Gasteiger partial charge in [0.15, 0.2) is 17.7 Å². The van der Waals surface area contributed by atoms with Crippen molar-refractivity contribution >= 4 is 11.9 Å². The van der Waals surface area contributed by atoms with Gasteiger partial charge in [0.25, 0.3) is 5.91 Å². The average molecular weight is 329 g/mol. The first kappa shape index (κ1) is 18.9. The maximum absolute atomic E-state index is 13.1. The van der Waals surface area contributed by atoms with E-state index in [2.05, 4.69) is 5.32 Å². The number of hydrogen-bond acceptors (Lipinski definition) is 3. The van der Waals surface area contributed by atoms with Gasteiger partial charge < -0.3 is 15.2 Å². The van der Waals surface area contributed by atoms with Crippen molar-refractivity contribution in [3.05, 3.63) is 29.8 Å². The van der Waals surface area contributed by atoms with E-state index in [4.69, 9.17) is 9.84 Å². The predicted octanol–water partition coefficient (Wildman–Crippen LogP) is 2.74. The lowest BCUT2D eigenvalue weighted by Gasteiger charge is -2.34. The molecule has 2 atom stereocenters. The van der Waals surface area contributed by atoms with Gasteiger partial charge in [-0.3, -0.25) is 9.59 Å². The Morgan fingerprint density at radius 2 is 1.87 bits per heavy atom. The topological polar surface area (TPSA) is 75.6 Å². The van der Waals surface area contributed by atoms with Crippen LogP contribution in [0.5, 0.6) is 5.75 Å².